The van der Waals surface area contributed by atoms with Crippen LogP contribution in [0.3, 0.4) is 0 Å². The summed E-state index contributed by atoms with van der Waals surface area (Å²) in [7, 11) is 0. The average molecular weight is 461 g/mol. The molecule has 2 amide bonds. The number of nitrogens with zero attached hydrogens (tertiary/aromatic N) is 2. The Morgan fingerprint density at radius 2 is 1.50 bits per heavy atom. The quantitative estimate of drug-likeness (QED) is 0.638. The Kier molecular flexibility index (Phi) is 6.48. The minimum Gasteiger partial charge on any atom is -0.373 e. The van der Waals surface area contributed by atoms with E-state index < -0.39 is 0 Å². The van der Waals surface area contributed by atoms with Crippen LogP contribution in [0.2, 0.25) is 0 Å². The standard InChI is InChI=1S/C29H36N2O3/c1-23(32)31(25-13-7-3-8-14-25)26-21-28(34-22-26)17-19-30(20-18-28)27(33)29(15-9-4-10-16-29)24-11-5-2-6-12-24/h2-3,5-8,11-14,26H,4,9-10,15-22H2,1H3. The van der Waals surface area contributed by atoms with Gasteiger partial charge in [-0.25, -0.2) is 0 Å². The van der Waals surface area contributed by atoms with Gasteiger partial charge in [0.05, 0.1) is 23.7 Å². The Balaban J connectivity index is 1.28. The first kappa shape index (κ1) is 23.1. The molecule has 1 unspecified atom stereocenters. The van der Waals surface area contributed by atoms with E-state index in [1.54, 1.807) is 6.92 Å². The zero-order chi connectivity index (χ0) is 23.6. The van der Waals surface area contributed by atoms with Crippen molar-refractivity contribution in [1.29, 1.82) is 0 Å². The second-order valence-corrected chi connectivity index (χ2v) is 10.4. The van der Waals surface area contributed by atoms with Gasteiger partial charge in [-0.2, -0.15) is 0 Å². The summed E-state index contributed by atoms with van der Waals surface area (Å²) in [4.78, 5) is 30.4. The van der Waals surface area contributed by atoms with Gasteiger partial charge in [0.2, 0.25) is 11.8 Å². The maximum absolute atomic E-state index is 14.0. The molecule has 2 aliphatic heterocycles. The molecule has 2 aromatic carbocycles. The number of amides is 2. The van der Waals surface area contributed by atoms with Crippen molar-refractivity contribution < 1.29 is 14.3 Å². The number of benzene rings is 2. The molecule has 0 N–H and O–H groups in total. The highest BCUT2D eigenvalue weighted by atomic mass is 16.5. The Morgan fingerprint density at radius 1 is 0.882 bits per heavy atom. The van der Waals surface area contributed by atoms with Crippen molar-refractivity contribution in [3.05, 3.63) is 66.2 Å². The van der Waals surface area contributed by atoms with Crippen LogP contribution in [0, 0.1) is 0 Å². The van der Waals surface area contributed by atoms with E-state index in [-0.39, 0.29) is 23.0 Å². The molecule has 5 rings (SSSR count). The molecule has 2 heterocycles. The molecule has 3 aliphatic rings. The fourth-order valence-corrected chi connectivity index (χ4v) is 6.53. The van der Waals surface area contributed by atoms with Crippen LogP contribution in [0.1, 0.15) is 63.9 Å². The lowest BCUT2D eigenvalue weighted by Gasteiger charge is -2.45. The Hall–Kier alpha value is -2.66. The first-order chi connectivity index (χ1) is 16.5. The number of carbonyl (C=O) groups is 2. The molecule has 1 aliphatic carbocycles. The summed E-state index contributed by atoms with van der Waals surface area (Å²) in [6, 6.07) is 20.3. The predicted molar refractivity (Wildman–Crippen MR) is 134 cm³/mol. The van der Waals surface area contributed by atoms with Gasteiger partial charge < -0.3 is 14.5 Å². The first-order valence-corrected chi connectivity index (χ1v) is 12.9. The summed E-state index contributed by atoms with van der Waals surface area (Å²) < 4.78 is 6.40. The number of para-hydroxylation sites is 1. The number of anilines is 1. The van der Waals surface area contributed by atoms with Crippen LogP contribution >= 0.6 is 0 Å². The third kappa shape index (κ3) is 4.26. The SMILES string of the molecule is CC(=O)N(c1ccccc1)C1COC2(CCN(C(=O)C3(c4ccccc4)CCCCC3)CC2)C1. The minimum atomic E-state index is -0.373. The first-order valence-electron chi connectivity index (χ1n) is 12.9. The van der Waals surface area contributed by atoms with Crippen LogP contribution in [0.5, 0.6) is 0 Å². The molecule has 1 spiro atoms. The number of likely N-dealkylation sites (tertiary alicyclic amines) is 1. The summed E-state index contributed by atoms with van der Waals surface area (Å²) in [6.07, 6.45) is 7.83. The van der Waals surface area contributed by atoms with Crippen LogP contribution in [0.4, 0.5) is 5.69 Å². The highest BCUT2D eigenvalue weighted by Crippen LogP contribution is 2.44. The van der Waals surface area contributed by atoms with Gasteiger partial charge in [-0.3, -0.25) is 9.59 Å². The van der Waals surface area contributed by atoms with Crippen LogP contribution in [-0.2, 0) is 19.7 Å². The van der Waals surface area contributed by atoms with Crippen LogP contribution in [0.15, 0.2) is 60.7 Å². The van der Waals surface area contributed by atoms with Crippen molar-refractivity contribution in [1.82, 2.24) is 4.90 Å². The van der Waals surface area contributed by atoms with Crippen molar-refractivity contribution in [3.63, 3.8) is 0 Å². The molecule has 34 heavy (non-hydrogen) atoms. The highest BCUT2D eigenvalue weighted by molar-refractivity contribution is 5.92. The second-order valence-electron chi connectivity index (χ2n) is 10.4. The van der Waals surface area contributed by atoms with Gasteiger partial charge in [-0.05, 0) is 49.8 Å². The maximum atomic E-state index is 14.0. The monoisotopic (exact) mass is 460 g/mol. The Labute approximate surface area is 203 Å². The number of piperidine rings is 1. The lowest BCUT2D eigenvalue weighted by Crippen LogP contribution is -2.53. The topological polar surface area (TPSA) is 49.9 Å². The fraction of sp³-hybridized carbons (Fsp3) is 0.517. The van der Waals surface area contributed by atoms with Gasteiger partial charge in [0.15, 0.2) is 0 Å². The molecule has 1 saturated carbocycles. The molecular weight excluding hydrogens is 424 g/mol. The van der Waals surface area contributed by atoms with Crippen LogP contribution in [0.25, 0.3) is 0 Å². The predicted octanol–water partition coefficient (Wildman–Crippen LogP) is 5.09. The number of rotatable bonds is 4. The summed E-state index contributed by atoms with van der Waals surface area (Å²) in [5.74, 6) is 0.351. The van der Waals surface area contributed by atoms with Gasteiger partial charge in [0.25, 0.3) is 0 Å². The van der Waals surface area contributed by atoms with E-state index in [4.69, 9.17) is 4.74 Å². The maximum Gasteiger partial charge on any atom is 0.233 e. The summed E-state index contributed by atoms with van der Waals surface area (Å²) >= 11 is 0. The van der Waals surface area contributed by atoms with Gasteiger partial charge in [0.1, 0.15) is 0 Å². The molecular formula is C29H36N2O3. The van der Waals surface area contributed by atoms with Gasteiger partial charge in [0, 0.05) is 25.7 Å². The Bertz CT molecular complexity index is 993. The number of ether oxygens (including phenoxy) is 1. The van der Waals surface area contributed by atoms with E-state index in [9.17, 15) is 9.59 Å². The van der Waals surface area contributed by atoms with Crippen molar-refractivity contribution in [2.75, 3.05) is 24.6 Å². The van der Waals surface area contributed by atoms with Gasteiger partial charge >= 0.3 is 0 Å². The normalized spacial score (nSPS) is 23.6. The van der Waals surface area contributed by atoms with E-state index in [0.717, 1.165) is 63.7 Å². The molecule has 1 atom stereocenters. The van der Waals surface area contributed by atoms with Crippen LogP contribution < -0.4 is 4.90 Å². The van der Waals surface area contributed by atoms with E-state index in [0.29, 0.717) is 12.5 Å². The summed E-state index contributed by atoms with van der Waals surface area (Å²) in [5, 5.41) is 0. The van der Waals surface area contributed by atoms with Crippen LogP contribution in [-0.4, -0.2) is 48.1 Å². The fourth-order valence-electron chi connectivity index (χ4n) is 6.53. The smallest absolute Gasteiger partial charge is 0.233 e. The molecule has 0 aromatic heterocycles. The van der Waals surface area contributed by atoms with E-state index in [2.05, 4.69) is 29.2 Å². The molecule has 3 fully saturated rings. The summed E-state index contributed by atoms with van der Waals surface area (Å²) in [5.41, 5.74) is 1.49. The Morgan fingerprint density at radius 3 is 2.12 bits per heavy atom. The largest absolute Gasteiger partial charge is 0.373 e. The molecule has 0 bridgehead atoms. The van der Waals surface area contributed by atoms with Crippen molar-refractivity contribution >= 4 is 17.5 Å². The van der Waals surface area contributed by atoms with Crippen molar-refractivity contribution in [3.8, 4) is 0 Å². The third-order valence-corrected chi connectivity index (χ3v) is 8.33. The number of hydrogen-bond donors (Lipinski definition) is 0. The average Bonchev–Trinajstić information content (AvgIpc) is 3.28. The van der Waals surface area contributed by atoms with Crippen molar-refractivity contribution in [2.45, 2.75) is 75.3 Å². The lowest BCUT2D eigenvalue weighted by molar-refractivity contribution is -0.143. The van der Waals surface area contributed by atoms with E-state index in [1.165, 1.54) is 12.0 Å². The number of carbonyl (C=O) groups excluding carboxylic acids is 2. The van der Waals surface area contributed by atoms with Crippen molar-refractivity contribution in [2.24, 2.45) is 0 Å². The van der Waals surface area contributed by atoms with Gasteiger partial charge in [-0.15, -0.1) is 0 Å². The summed E-state index contributed by atoms with van der Waals surface area (Å²) in [6.45, 7) is 3.64. The molecule has 2 aromatic rings. The lowest BCUT2D eigenvalue weighted by atomic mass is 9.68. The molecule has 2 saturated heterocycles. The minimum absolute atomic E-state index is 0.0381. The molecule has 0 radical (unpaired) electrons. The van der Waals surface area contributed by atoms with E-state index in [1.807, 2.05) is 41.3 Å². The zero-order valence-corrected chi connectivity index (χ0v) is 20.2. The molecule has 5 nitrogen and oxygen atoms in total. The van der Waals surface area contributed by atoms with E-state index >= 15 is 0 Å². The zero-order valence-electron chi connectivity index (χ0n) is 20.2. The number of hydrogen-bond acceptors (Lipinski definition) is 3. The van der Waals surface area contributed by atoms with Gasteiger partial charge in [-0.1, -0.05) is 67.8 Å². The molecule has 5 heteroatoms. The highest BCUT2D eigenvalue weighted by Gasteiger charge is 2.49. The third-order valence-electron chi connectivity index (χ3n) is 8.33. The second kappa shape index (κ2) is 9.53. The molecule has 180 valence electrons.